The maximum atomic E-state index is 12.8. The fraction of sp³-hybridized carbons (Fsp3) is 0.250. The number of nitrogens with zero attached hydrogens (tertiary/aromatic N) is 1. The van der Waals surface area contributed by atoms with Crippen molar-refractivity contribution in [1.82, 2.24) is 10.2 Å². The van der Waals surface area contributed by atoms with Gasteiger partial charge < -0.3 is 10.6 Å². The third-order valence-electron chi connectivity index (χ3n) is 4.79. The van der Waals surface area contributed by atoms with Crippen molar-refractivity contribution >= 4 is 35.1 Å². The van der Waals surface area contributed by atoms with Crippen LogP contribution in [0.1, 0.15) is 23.6 Å². The van der Waals surface area contributed by atoms with Crippen molar-refractivity contribution in [2.24, 2.45) is 0 Å². The molecule has 0 aliphatic carbocycles. The van der Waals surface area contributed by atoms with Crippen LogP contribution in [0.5, 0.6) is 0 Å². The van der Waals surface area contributed by atoms with Crippen molar-refractivity contribution in [2.45, 2.75) is 26.3 Å². The van der Waals surface area contributed by atoms with Gasteiger partial charge >= 0.3 is 6.03 Å². The Labute approximate surface area is 162 Å². The topological polar surface area (TPSA) is 78.5 Å². The molecule has 0 spiro atoms. The highest BCUT2D eigenvalue weighted by Gasteiger charge is 2.49. The predicted molar refractivity (Wildman–Crippen MR) is 104 cm³/mol. The summed E-state index contributed by atoms with van der Waals surface area (Å²) in [6.07, 6.45) is 0. The number of rotatable bonds is 4. The number of aryl methyl sites for hydroxylation is 2. The number of nitrogens with one attached hydrogen (secondary N) is 2. The summed E-state index contributed by atoms with van der Waals surface area (Å²) in [5.41, 5.74) is 2.14. The fourth-order valence-electron chi connectivity index (χ4n) is 2.98. The van der Waals surface area contributed by atoms with Crippen LogP contribution in [-0.4, -0.2) is 29.3 Å². The minimum absolute atomic E-state index is 0.360. The third-order valence-corrected chi connectivity index (χ3v) is 5.04. The molecule has 0 saturated carbocycles. The van der Waals surface area contributed by atoms with Gasteiger partial charge in [-0.2, -0.15) is 0 Å². The summed E-state index contributed by atoms with van der Waals surface area (Å²) < 4.78 is 0. The first-order valence-electron chi connectivity index (χ1n) is 8.48. The maximum Gasteiger partial charge on any atom is 0.325 e. The molecule has 6 nitrogen and oxygen atoms in total. The number of hydrogen-bond donors (Lipinski definition) is 2. The minimum Gasteiger partial charge on any atom is -0.325 e. The van der Waals surface area contributed by atoms with Crippen molar-refractivity contribution in [3.05, 3.63) is 64.2 Å². The molecule has 1 saturated heterocycles. The van der Waals surface area contributed by atoms with Crippen molar-refractivity contribution in [3.63, 3.8) is 0 Å². The van der Waals surface area contributed by atoms with Crippen LogP contribution in [0.3, 0.4) is 0 Å². The second kappa shape index (κ2) is 7.04. The molecular formula is C20H20ClN3O3. The van der Waals surface area contributed by atoms with Gasteiger partial charge in [0.15, 0.2) is 0 Å². The number of benzene rings is 2. The van der Waals surface area contributed by atoms with Crippen molar-refractivity contribution in [3.8, 4) is 0 Å². The van der Waals surface area contributed by atoms with E-state index in [-0.39, 0.29) is 6.54 Å². The molecule has 1 fully saturated rings. The molecule has 140 valence electrons. The van der Waals surface area contributed by atoms with Gasteiger partial charge in [-0.05, 0) is 61.7 Å². The summed E-state index contributed by atoms with van der Waals surface area (Å²) in [4.78, 5) is 38.4. The molecule has 2 aromatic carbocycles. The van der Waals surface area contributed by atoms with Gasteiger partial charge in [-0.1, -0.05) is 29.8 Å². The van der Waals surface area contributed by atoms with Crippen LogP contribution in [0.25, 0.3) is 0 Å². The van der Waals surface area contributed by atoms with E-state index in [1.807, 2.05) is 26.0 Å². The van der Waals surface area contributed by atoms with Gasteiger partial charge in [0, 0.05) is 10.7 Å². The number of amides is 4. The summed E-state index contributed by atoms with van der Waals surface area (Å²) in [7, 11) is 0. The van der Waals surface area contributed by atoms with Gasteiger partial charge in [0.1, 0.15) is 12.1 Å². The number of carbonyl (C=O) groups excluding carboxylic acids is 3. The lowest BCUT2D eigenvalue weighted by Gasteiger charge is -2.22. The predicted octanol–water partition coefficient (Wildman–Crippen LogP) is 3.36. The Hall–Kier alpha value is -2.86. The zero-order valence-electron chi connectivity index (χ0n) is 15.3. The quantitative estimate of drug-likeness (QED) is 0.792. The first-order valence-corrected chi connectivity index (χ1v) is 8.86. The van der Waals surface area contributed by atoms with Crippen LogP contribution in [0.15, 0.2) is 42.5 Å². The largest absolute Gasteiger partial charge is 0.325 e. The van der Waals surface area contributed by atoms with Gasteiger partial charge in [-0.25, -0.2) is 4.79 Å². The van der Waals surface area contributed by atoms with E-state index in [9.17, 15) is 14.4 Å². The van der Waals surface area contributed by atoms with Crippen LogP contribution in [0, 0.1) is 13.8 Å². The molecule has 0 unspecified atom stereocenters. The number of halogens is 1. The molecular weight excluding hydrogens is 366 g/mol. The Bertz CT molecular complexity index is 927. The second-order valence-electron chi connectivity index (χ2n) is 6.80. The van der Waals surface area contributed by atoms with Crippen molar-refractivity contribution in [2.75, 3.05) is 11.9 Å². The van der Waals surface area contributed by atoms with Gasteiger partial charge in [0.05, 0.1) is 0 Å². The van der Waals surface area contributed by atoms with E-state index in [2.05, 4.69) is 10.6 Å². The van der Waals surface area contributed by atoms with Crippen LogP contribution < -0.4 is 10.6 Å². The standard InChI is InChI=1S/C20H20ClN3O3/c1-12-4-9-16(10-13(12)2)22-17(25)11-24-18(26)20(3,23-19(24)27)14-5-7-15(21)8-6-14/h4-10H,11H2,1-3H3,(H,22,25)(H,23,27)/t20-/m0/s1. The highest BCUT2D eigenvalue weighted by molar-refractivity contribution is 6.30. The first kappa shape index (κ1) is 18.9. The fourth-order valence-corrected chi connectivity index (χ4v) is 3.11. The lowest BCUT2D eigenvalue weighted by molar-refractivity contribution is -0.133. The van der Waals surface area contributed by atoms with Crippen molar-refractivity contribution < 1.29 is 14.4 Å². The van der Waals surface area contributed by atoms with E-state index >= 15 is 0 Å². The van der Waals surface area contributed by atoms with E-state index < -0.39 is 23.4 Å². The Morgan fingerprint density at radius 2 is 1.78 bits per heavy atom. The Balaban J connectivity index is 1.74. The van der Waals surface area contributed by atoms with Crippen LogP contribution in [-0.2, 0) is 15.1 Å². The van der Waals surface area contributed by atoms with Gasteiger partial charge in [0.25, 0.3) is 5.91 Å². The van der Waals surface area contributed by atoms with Gasteiger partial charge in [-0.3, -0.25) is 14.5 Å². The summed E-state index contributed by atoms with van der Waals surface area (Å²) in [6.45, 7) is 5.17. The number of hydrogen-bond acceptors (Lipinski definition) is 3. The van der Waals surface area contributed by atoms with E-state index in [4.69, 9.17) is 11.6 Å². The highest BCUT2D eigenvalue weighted by Crippen LogP contribution is 2.29. The molecule has 0 aromatic heterocycles. The second-order valence-corrected chi connectivity index (χ2v) is 7.24. The zero-order chi connectivity index (χ0) is 19.8. The monoisotopic (exact) mass is 385 g/mol. The molecule has 7 heteroatoms. The van der Waals surface area contributed by atoms with Crippen molar-refractivity contribution in [1.29, 1.82) is 0 Å². The minimum atomic E-state index is -1.23. The molecule has 1 atom stereocenters. The molecule has 2 N–H and O–H groups in total. The highest BCUT2D eigenvalue weighted by atomic mass is 35.5. The molecule has 4 amide bonds. The summed E-state index contributed by atoms with van der Waals surface area (Å²) >= 11 is 5.89. The average molecular weight is 386 g/mol. The summed E-state index contributed by atoms with van der Waals surface area (Å²) in [5.74, 6) is -0.924. The Morgan fingerprint density at radius 3 is 2.41 bits per heavy atom. The number of urea groups is 1. The normalized spacial score (nSPS) is 19.2. The lowest BCUT2D eigenvalue weighted by atomic mass is 9.92. The third kappa shape index (κ3) is 3.66. The van der Waals surface area contributed by atoms with Crippen LogP contribution >= 0.6 is 11.6 Å². The van der Waals surface area contributed by atoms with Crippen LogP contribution in [0.2, 0.25) is 5.02 Å². The molecule has 1 heterocycles. The van der Waals surface area contributed by atoms with Gasteiger partial charge in [0.2, 0.25) is 5.91 Å². The maximum absolute atomic E-state index is 12.8. The molecule has 27 heavy (non-hydrogen) atoms. The lowest BCUT2D eigenvalue weighted by Crippen LogP contribution is -2.42. The average Bonchev–Trinajstić information content (AvgIpc) is 2.83. The number of carbonyl (C=O) groups is 3. The summed E-state index contributed by atoms with van der Waals surface area (Å²) in [6, 6.07) is 11.6. The Kier molecular flexibility index (Phi) is 4.93. The van der Waals surface area contributed by atoms with Crippen LogP contribution in [0.4, 0.5) is 10.5 Å². The smallest absolute Gasteiger partial charge is 0.325 e. The van der Waals surface area contributed by atoms with E-state index in [1.165, 1.54) is 0 Å². The molecule has 1 aliphatic heterocycles. The molecule has 0 bridgehead atoms. The van der Waals surface area contributed by atoms with E-state index in [0.717, 1.165) is 16.0 Å². The molecule has 2 aromatic rings. The number of anilines is 1. The molecule has 1 aliphatic rings. The first-order chi connectivity index (χ1) is 12.7. The SMILES string of the molecule is Cc1ccc(NC(=O)CN2C(=O)N[C@@](C)(c3ccc(Cl)cc3)C2=O)cc1C. The molecule has 3 rings (SSSR count). The van der Waals surface area contributed by atoms with E-state index in [1.54, 1.807) is 37.3 Å². The zero-order valence-corrected chi connectivity index (χ0v) is 16.1. The number of imide groups is 1. The van der Waals surface area contributed by atoms with Gasteiger partial charge in [-0.15, -0.1) is 0 Å². The molecule has 0 radical (unpaired) electrons. The van der Waals surface area contributed by atoms with E-state index in [0.29, 0.717) is 16.3 Å². The Morgan fingerprint density at radius 1 is 1.11 bits per heavy atom. The summed E-state index contributed by atoms with van der Waals surface area (Å²) in [5, 5.41) is 5.92.